The van der Waals surface area contributed by atoms with Crippen LogP contribution in [0.15, 0.2) is 122 Å². The first-order valence-electron chi connectivity index (χ1n) is 52.8. The van der Waals surface area contributed by atoms with E-state index in [4.69, 9.17) is 18.9 Å². The van der Waals surface area contributed by atoms with E-state index in [9.17, 15) is 67.0 Å². The first kappa shape index (κ1) is 115. The average Bonchev–Trinajstić information content (AvgIpc) is 1.58. The van der Waals surface area contributed by atoms with Gasteiger partial charge in [-0.3, -0.25) is 67.5 Å². The second kappa shape index (κ2) is 56.6. The van der Waals surface area contributed by atoms with Crippen molar-refractivity contribution in [3.63, 3.8) is 0 Å². The minimum atomic E-state index is -0.866. The Morgan fingerprint density at radius 1 is 0.422 bits per heavy atom. The highest BCUT2D eigenvalue weighted by atomic mass is 19.1. The highest BCUT2D eigenvalue weighted by molar-refractivity contribution is 5.96. The average molecular weight is 2040 g/mol. The Hall–Kier alpha value is -12.5. The number of phenols is 1. The van der Waals surface area contributed by atoms with Gasteiger partial charge >= 0.3 is 0 Å². The molecule has 3 aromatic heterocycles. The number of aromatic nitrogens is 3. The number of amides is 12. The molecule has 3 aliphatic carbocycles. The Labute approximate surface area is 864 Å². The number of aryl methyl sites for hydroxylation is 4. The van der Waals surface area contributed by atoms with Gasteiger partial charge in [0.05, 0.1) is 36.1 Å². The number of likely N-dealkylation sites (N-methyl/N-ethyl adjacent to an activating group) is 4. The van der Waals surface area contributed by atoms with Crippen LogP contribution < -0.4 is 82.7 Å². The van der Waals surface area contributed by atoms with Crippen molar-refractivity contribution in [3.8, 4) is 28.9 Å². The highest BCUT2D eigenvalue weighted by Crippen LogP contribution is 2.38. The van der Waals surface area contributed by atoms with E-state index < -0.39 is 78.3 Å². The Bertz CT molecular complexity index is 5360. The number of pyridine rings is 3. The van der Waals surface area contributed by atoms with Gasteiger partial charge in [0.2, 0.25) is 76.8 Å². The van der Waals surface area contributed by atoms with Crippen LogP contribution in [0.4, 0.5) is 4.39 Å². The smallest absolute Gasteiger partial charge is 0.243 e. The molecule has 3 saturated carbocycles. The molecule has 8 aliphatic rings. The van der Waals surface area contributed by atoms with E-state index in [0.29, 0.717) is 121 Å². The summed E-state index contributed by atoms with van der Waals surface area (Å²) in [4.78, 5) is 177. The number of aromatic hydroxyl groups is 1. The Kier molecular flexibility index (Phi) is 44.2. The number of halogens is 1. The zero-order chi connectivity index (χ0) is 106. The molecule has 5 aliphatic heterocycles. The van der Waals surface area contributed by atoms with Gasteiger partial charge in [0.25, 0.3) is 0 Å². The lowest BCUT2D eigenvalue weighted by molar-refractivity contribution is -0.141. The lowest BCUT2D eigenvalue weighted by atomic mass is 9.97. The van der Waals surface area contributed by atoms with Gasteiger partial charge in [-0.15, -0.1) is 0 Å². The fourth-order valence-electron chi connectivity index (χ4n) is 18.4. The summed E-state index contributed by atoms with van der Waals surface area (Å²) in [7, 11) is 6.54. The molecule has 3 fully saturated rings. The molecular formula is C110H158FN19O17. The third kappa shape index (κ3) is 34.8. The van der Waals surface area contributed by atoms with Crippen molar-refractivity contribution >= 4 is 70.9 Å². The number of carbonyl (C=O) groups is 12. The third-order valence-electron chi connectivity index (χ3n) is 28.5. The van der Waals surface area contributed by atoms with Gasteiger partial charge in [-0.1, -0.05) is 96.5 Å². The summed E-state index contributed by atoms with van der Waals surface area (Å²) in [5, 5.41) is 46.4. The van der Waals surface area contributed by atoms with Crippen molar-refractivity contribution in [3.05, 3.63) is 167 Å². The fourth-order valence-corrected chi connectivity index (χ4v) is 18.4. The molecule has 3 aromatic carbocycles. The normalized spacial score (nSPS) is 25.8. The Morgan fingerprint density at radius 2 is 0.850 bits per heavy atom. The van der Waals surface area contributed by atoms with Crippen molar-refractivity contribution < 1.29 is 86.0 Å². The molecule has 802 valence electrons. The molecule has 6 aromatic rings. The lowest BCUT2D eigenvalue weighted by Gasteiger charge is -2.32. The molecule has 14 rings (SSSR count). The SMILES string of the molecule is CC(C)C[C@H]1NC(=O)[C@@H](C)N(C)C(=O)[C@H](C2CC2)NCCOc2ncccc2CCCNC1=O.CCC(C)[C@@H]1NCCOc2cnccc2CCCNC(=O)[C@@H](CC(C)C)NC(=O)[C@@H](C)N(C)C1=O.C[C@@H]1C(=O)N[C@H](Cc2ccc(F)cc2)C(=O)NCCCc2cccc3c2OC(CN[C@@H](C2CC2)C(=O)N1C)C3.C[C@@H]1CN[C@@H](C2CC2)C(=O)N(C)[C@H](C)C(=O)N[C@H](Cc2ccc(O)cc2)C(=O)NCCCc2ncccc2O1. The van der Waals surface area contributed by atoms with Crippen LogP contribution in [0.5, 0.6) is 28.9 Å². The summed E-state index contributed by atoms with van der Waals surface area (Å²) < 4.78 is 37.9. The van der Waals surface area contributed by atoms with Crippen molar-refractivity contribution in [2.24, 2.45) is 35.5 Å². The highest BCUT2D eigenvalue weighted by Gasteiger charge is 2.45. The number of hydrogen-bond acceptors (Lipinski definition) is 24. The number of ether oxygens (including phenoxy) is 4. The van der Waals surface area contributed by atoms with E-state index in [1.165, 1.54) is 31.7 Å². The fraction of sp³-hybridized carbons (Fsp3) is 0.591. The van der Waals surface area contributed by atoms with Crippen LogP contribution in [-0.2, 0) is 102 Å². The van der Waals surface area contributed by atoms with Gasteiger partial charge in [0, 0.05) is 124 Å². The molecule has 13 N–H and O–H groups in total. The third-order valence-corrected chi connectivity index (χ3v) is 28.5. The number of hydrogen-bond donors (Lipinski definition) is 13. The van der Waals surface area contributed by atoms with Gasteiger partial charge in [-0.25, -0.2) is 9.37 Å². The number of nitrogens with zero attached hydrogens (tertiary/aromatic N) is 7. The number of para-hydroxylation sites is 1. The molecule has 8 heterocycles. The number of fused-ring (bicyclic) bond motifs is 4. The van der Waals surface area contributed by atoms with Crippen LogP contribution in [0.2, 0.25) is 0 Å². The molecule has 36 nitrogen and oxygen atoms in total. The van der Waals surface area contributed by atoms with Gasteiger partial charge in [0.1, 0.15) is 103 Å². The summed E-state index contributed by atoms with van der Waals surface area (Å²) in [6.07, 6.45) is 21.1. The van der Waals surface area contributed by atoms with Crippen molar-refractivity contribution in [1.29, 1.82) is 0 Å². The van der Waals surface area contributed by atoms with Gasteiger partial charge in [-0.05, 0) is 249 Å². The summed E-state index contributed by atoms with van der Waals surface area (Å²) in [6, 6.07) is 20.5. The molecule has 2 unspecified atom stereocenters. The molecule has 0 radical (unpaired) electrons. The van der Waals surface area contributed by atoms with E-state index in [1.54, 1.807) is 117 Å². The second-order valence-electron chi connectivity index (χ2n) is 41.2. The molecule has 12 amide bonds. The molecule has 0 saturated heterocycles. The molecular weight excluding hydrogens is 1880 g/mol. The van der Waals surface area contributed by atoms with E-state index in [2.05, 4.69) is 90.9 Å². The maximum absolute atomic E-state index is 13.5. The summed E-state index contributed by atoms with van der Waals surface area (Å²) in [5.41, 5.74) is 6.58. The zero-order valence-electron chi connectivity index (χ0n) is 88.3. The zero-order valence-corrected chi connectivity index (χ0v) is 88.3. The number of nitrogens with one attached hydrogen (secondary N) is 12. The van der Waals surface area contributed by atoms with Crippen LogP contribution in [0.25, 0.3) is 0 Å². The summed E-state index contributed by atoms with van der Waals surface area (Å²) in [6.45, 7) is 25.3. The predicted octanol–water partition coefficient (Wildman–Crippen LogP) is 6.87. The van der Waals surface area contributed by atoms with E-state index >= 15 is 0 Å². The lowest BCUT2D eigenvalue weighted by Crippen LogP contribution is -2.57. The topological polar surface area (TPSA) is 458 Å². The molecule has 15 atom stereocenters. The number of rotatable bonds is 13. The first-order chi connectivity index (χ1) is 70.4. The minimum Gasteiger partial charge on any atom is -0.508 e. The van der Waals surface area contributed by atoms with Crippen LogP contribution >= 0.6 is 0 Å². The number of benzene rings is 3. The quantitative estimate of drug-likeness (QED) is 0.0561. The summed E-state index contributed by atoms with van der Waals surface area (Å²) >= 11 is 0. The van der Waals surface area contributed by atoms with E-state index in [-0.39, 0.29) is 137 Å². The van der Waals surface area contributed by atoms with Crippen molar-refractivity contribution in [1.82, 2.24) is 98.4 Å². The number of carbonyl (C=O) groups excluding carboxylic acids is 12. The largest absolute Gasteiger partial charge is 0.508 e. The molecule has 147 heavy (non-hydrogen) atoms. The van der Waals surface area contributed by atoms with Gasteiger partial charge in [0.15, 0.2) is 0 Å². The van der Waals surface area contributed by atoms with Crippen LogP contribution in [0.1, 0.15) is 199 Å². The predicted molar refractivity (Wildman–Crippen MR) is 556 cm³/mol. The van der Waals surface area contributed by atoms with Gasteiger partial charge < -0.3 is 107 Å². The van der Waals surface area contributed by atoms with E-state index in [0.717, 1.165) is 122 Å². The van der Waals surface area contributed by atoms with Gasteiger partial charge in [-0.2, -0.15) is 0 Å². The Morgan fingerprint density at radius 3 is 1.36 bits per heavy atom. The molecule has 2 bridgehead atoms. The van der Waals surface area contributed by atoms with Crippen molar-refractivity contribution in [2.45, 2.75) is 289 Å². The molecule has 37 heteroatoms. The maximum atomic E-state index is 13.5. The Balaban J connectivity index is 0.000000187. The van der Waals surface area contributed by atoms with Crippen LogP contribution in [0.3, 0.4) is 0 Å². The second-order valence-corrected chi connectivity index (χ2v) is 41.2. The maximum Gasteiger partial charge on any atom is 0.243 e. The minimum absolute atomic E-state index is 0.0629. The van der Waals surface area contributed by atoms with Crippen LogP contribution in [0, 0.1) is 41.3 Å². The first-order valence-corrected chi connectivity index (χ1v) is 52.8. The van der Waals surface area contributed by atoms with E-state index in [1.807, 2.05) is 84.9 Å². The summed E-state index contributed by atoms with van der Waals surface area (Å²) in [5.74, 6) is 0.781. The number of phenolic OH excluding ortho intramolecular Hbond substituents is 1. The van der Waals surface area contributed by atoms with Crippen LogP contribution in [-0.4, -0.2) is 289 Å². The monoisotopic (exact) mass is 2040 g/mol. The molecule has 0 spiro atoms. The standard InChI is InChI=1S/C30H37FN4O4.C29H39N5O5.C26H43N5O4.C25H39N5O4/c1-18-28(36)34-25(15-19-8-12-23(31)13-9-19)29(37)32-14-4-7-21-5-3-6-22-16-24(39-27(21)22)17-33-26(20-10-11-20)30(38)35(18)2;1-18-17-32-26(21-10-11-21)29(38)34(3)19(2)27(36)33-24(16-20-8-12-22(35)13-9-20)28(37)31-15-4-6-23-25(39-18)7-5-14-30-23;1-7-18(4)23-26(34)31(6)19(5)24(32)30-21(15-17(2)3)25(33)29-11-8-9-20-10-12-27-16-22(20)35-14-13-28-23;1-16(2)15-20-23(32)27-11-5-7-19-8-6-12-28-24(19)34-14-13-26-21(18-9-10-18)25(33)30(4)17(3)22(31)29-20/h3,5-6,8-9,12-13,18,20,24-26,33H,4,7,10-11,14-17H2,1-2H3,(H,32,37)(H,34,36);5,7-9,12-14,18-19,21,24,26,32,35H,4,6,10-11,15-17H2,1-3H3,(H,31,37)(H,33,36);10,12,16-19,21,23,28H,7-9,11,13-15H2,1-6H3,(H,29,33)(H,30,32);6,8,12,16-18,20-21,26H,5,7,9-11,13-15H2,1-4H3,(H,27,32)(H,29,31)/t18-,24?,25-,26+;18-,19-,24-,26+;18?,19-,21-,23+;17-,20-,21+/m1111/s1. The van der Waals surface area contributed by atoms with Crippen molar-refractivity contribution in [2.75, 3.05) is 93.8 Å².